The molecule has 0 aliphatic carbocycles. The molecule has 0 spiro atoms. The number of halogens is 2. The zero-order chi connectivity index (χ0) is 9.30. The first-order valence-electron chi connectivity index (χ1n) is 3.46. The Morgan fingerprint density at radius 1 is 1.50 bits per heavy atom. The zero-order valence-corrected chi connectivity index (χ0v) is 8.23. The van der Waals surface area contributed by atoms with Crippen molar-refractivity contribution in [2.24, 2.45) is 0 Å². The second-order valence-electron chi connectivity index (χ2n) is 2.66. The normalized spacial score (nSPS) is 10.8. The van der Waals surface area contributed by atoms with E-state index in [9.17, 15) is 4.79 Å². The van der Waals surface area contributed by atoms with Gasteiger partial charge in [0.1, 0.15) is 5.15 Å². The minimum atomic E-state index is -0.309. The monoisotopic (exact) mass is 206 g/mol. The highest BCUT2D eigenvalue weighted by Crippen LogP contribution is 2.09. The predicted octanol–water partition coefficient (Wildman–Crippen LogP) is 2.13. The lowest BCUT2D eigenvalue weighted by molar-refractivity contribution is 0.574. The van der Waals surface area contributed by atoms with Gasteiger partial charge in [0.25, 0.3) is 5.56 Å². The summed E-state index contributed by atoms with van der Waals surface area (Å²) < 4.78 is 1.44. The lowest BCUT2D eigenvalue weighted by Gasteiger charge is -2.09. The van der Waals surface area contributed by atoms with Crippen LogP contribution in [-0.4, -0.2) is 9.55 Å². The molecule has 1 rings (SSSR count). The van der Waals surface area contributed by atoms with E-state index in [1.54, 1.807) is 0 Å². The molecule has 0 aromatic carbocycles. The third-order valence-electron chi connectivity index (χ3n) is 1.42. The summed E-state index contributed by atoms with van der Waals surface area (Å²) >= 11 is 11.1. The van der Waals surface area contributed by atoms with Crippen LogP contribution in [0.25, 0.3) is 0 Å². The predicted molar refractivity (Wildman–Crippen MR) is 48.9 cm³/mol. The number of aromatic nitrogens is 2. The maximum absolute atomic E-state index is 11.3. The van der Waals surface area contributed by atoms with Crippen LogP contribution in [0.3, 0.4) is 0 Å². The van der Waals surface area contributed by atoms with Crippen molar-refractivity contribution in [3.05, 3.63) is 26.9 Å². The van der Waals surface area contributed by atoms with E-state index in [1.165, 1.54) is 10.8 Å². The molecule has 0 aliphatic heterocycles. The molecule has 0 radical (unpaired) electrons. The van der Waals surface area contributed by atoms with Gasteiger partial charge in [0.05, 0.1) is 0 Å². The van der Waals surface area contributed by atoms with Crippen LogP contribution >= 0.6 is 23.2 Å². The molecule has 1 heterocycles. The van der Waals surface area contributed by atoms with E-state index in [4.69, 9.17) is 23.2 Å². The minimum Gasteiger partial charge on any atom is -0.307 e. The van der Waals surface area contributed by atoms with E-state index in [2.05, 4.69) is 4.98 Å². The number of rotatable bonds is 1. The Labute approximate surface area is 79.9 Å². The highest BCUT2D eigenvalue weighted by atomic mass is 35.5. The molecule has 0 amide bonds. The second kappa shape index (κ2) is 3.46. The first kappa shape index (κ1) is 9.55. The van der Waals surface area contributed by atoms with Gasteiger partial charge in [-0.1, -0.05) is 23.2 Å². The maximum Gasteiger partial charge on any atom is 0.288 e. The molecule has 1 aromatic heterocycles. The van der Waals surface area contributed by atoms with Crippen LogP contribution in [0, 0.1) is 0 Å². The van der Waals surface area contributed by atoms with Crippen LogP contribution in [0.2, 0.25) is 10.3 Å². The van der Waals surface area contributed by atoms with Gasteiger partial charge in [-0.3, -0.25) is 4.79 Å². The van der Waals surface area contributed by atoms with E-state index < -0.39 is 0 Å². The average molecular weight is 207 g/mol. The Morgan fingerprint density at radius 2 is 2.08 bits per heavy atom. The van der Waals surface area contributed by atoms with Crippen LogP contribution in [0.15, 0.2) is 11.0 Å². The van der Waals surface area contributed by atoms with Gasteiger partial charge in [-0.2, -0.15) is 0 Å². The Hall–Kier alpha value is -0.540. The molecule has 0 bridgehead atoms. The molecule has 0 fully saturated rings. The largest absolute Gasteiger partial charge is 0.307 e. The summed E-state index contributed by atoms with van der Waals surface area (Å²) in [4.78, 5) is 14.9. The molecule has 0 saturated carbocycles. The van der Waals surface area contributed by atoms with Crippen molar-refractivity contribution in [3.63, 3.8) is 0 Å². The van der Waals surface area contributed by atoms with E-state index >= 15 is 0 Å². The van der Waals surface area contributed by atoms with Crippen LogP contribution in [0.4, 0.5) is 0 Å². The second-order valence-corrected chi connectivity index (χ2v) is 3.41. The zero-order valence-electron chi connectivity index (χ0n) is 6.71. The van der Waals surface area contributed by atoms with Gasteiger partial charge in [-0.15, -0.1) is 0 Å². The fraction of sp³-hybridized carbons (Fsp3) is 0.429. The molecule has 12 heavy (non-hydrogen) atoms. The topological polar surface area (TPSA) is 34.9 Å². The molecule has 0 saturated heterocycles. The van der Waals surface area contributed by atoms with Gasteiger partial charge in [-0.05, 0) is 13.8 Å². The molecule has 5 heteroatoms. The maximum atomic E-state index is 11.3. The highest BCUT2D eigenvalue weighted by molar-refractivity contribution is 6.32. The first-order chi connectivity index (χ1) is 5.52. The van der Waals surface area contributed by atoms with Crippen LogP contribution in [0.5, 0.6) is 0 Å². The van der Waals surface area contributed by atoms with E-state index in [-0.39, 0.29) is 21.9 Å². The summed E-state index contributed by atoms with van der Waals surface area (Å²) in [7, 11) is 0. The van der Waals surface area contributed by atoms with Gasteiger partial charge < -0.3 is 4.57 Å². The first-order valence-corrected chi connectivity index (χ1v) is 4.22. The Morgan fingerprint density at radius 3 is 2.58 bits per heavy atom. The van der Waals surface area contributed by atoms with Crippen LogP contribution in [0.1, 0.15) is 19.9 Å². The van der Waals surface area contributed by atoms with Gasteiger partial charge in [0.15, 0.2) is 5.15 Å². The van der Waals surface area contributed by atoms with E-state index in [1.807, 2.05) is 13.8 Å². The summed E-state index contributed by atoms with van der Waals surface area (Å²) in [5.74, 6) is 0. The van der Waals surface area contributed by atoms with Crippen molar-refractivity contribution in [1.82, 2.24) is 9.55 Å². The van der Waals surface area contributed by atoms with E-state index in [0.717, 1.165) is 0 Å². The summed E-state index contributed by atoms with van der Waals surface area (Å²) in [6.45, 7) is 3.74. The highest BCUT2D eigenvalue weighted by Gasteiger charge is 2.06. The van der Waals surface area contributed by atoms with Crippen molar-refractivity contribution in [3.8, 4) is 0 Å². The summed E-state index contributed by atoms with van der Waals surface area (Å²) in [6, 6.07) is 0.0375. The van der Waals surface area contributed by atoms with Gasteiger partial charge in [0.2, 0.25) is 0 Å². The fourth-order valence-electron chi connectivity index (χ4n) is 0.834. The van der Waals surface area contributed by atoms with Gasteiger partial charge in [0, 0.05) is 12.2 Å². The number of nitrogens with zero attached hydrogens (tertiary/aromatic N) is 2. The molecular weight excluding hydrogens is 199 g/mol. The van der Waals surface area contributed by atoms with Crippen molar-refractivity contribution >= 4 is 23.2 Å². The average Bonchev–Trinajstić information content (AvgIpc) is 1.96. The third-order valence-corrected chi connectivity index (χ3v) is 1.85. The summed E-state index contributed by atoms with van der Waals surface area (Å²) in [5, 5.41) is 0.143. The van der Waals surface area contributed by atoms with Crippen molar-refractivity contribution < 1.29 is 0 Å². The molecule has 0 atom stereocenters. The molecule has 3 nitrogen and oxygen atoms in total. The Kier molecular flexibility index (Phi) is 2.75. The Balaban J connectivity index is 3.38. The SMILES string of the molecule is CC(C)n1cc(Cl)nc(Cl)c1=O. The number of hydrogen-bond donors (Lipinski definition) is 0. The van der Waals surface area contributed by atoms with Crippen molar-refractivity contribution in [2.45, 2.75) is 19.9 Å². The fourth-order valence-corrected chi connectivity index (χ4v) is 1.26. The molecular formula is C7H8Cl2N2O. The lowest BCUT2D eigenvalue weighted by Crippen LogP contribution is -2.22. The summed E-state index contributed by atoms with van der Waals surface area (Å²) in [6.07, 6.45) is 1.47. The van der Waals surface area contributed by atoms with Gasteiger partial charge in [-0.25, -0.2) is 4.98 Å². The lowest BCUT2D eigenvalue weighted by atomic mass is 10.4. The minimum absolute atomic E-state index is 0.0375. The van der Waals surface area contributed by atoms with Crippen LogP contribution < -0.4 is 5.56 Å². The quantitative estimate of drug-likeness (QED) is 0.706. The van der Waals surface area contributed by atoms with Crippen molar-refractivity contribution in [1.29, 1.82) is 0 Å². The van der Waals surface area contributed by atoms with Gasteiger partial charge >= 0.3 is 0 Å². The molecule has 1 aromatic rings. The van der Waals surface area contributed by atoms with Crippen molar-refractivity contribution in [2.75, 3.05) is 0 Å². The number of hydrogen-bond acceptors (Lipinski definition) is 2. The molecule has 0 aliphatic rings. The standard InChI is InChI=1S/C7H8Cl2N2O/c1-4(2)11-3-5(8)10-6(9)7(11)12/h3-4H,1-2H3. The smallest absolute Gasteiger partial charge is 0.288 e. The van der Waals surface area contributed by atoms with E-state index in [0.29, 0.717) is 0 Å². The summed E-state index contributed by atoms with van der Waals surface area (Å²) in [5.41, 5.74) is -0.309. The third kappa shape index (κ3) is 1.79. The molecule has 66 valence electrons. The molecule has 0 unspecified atom stereocenters. The van der Waals surface area contributed by atoms with Crippen LogP contribution in [-0.2, 0) is 0 Å². The molecule has 0 N–H and O–H groups in total. The Bertz CT molecular complexity index is 346.